The van der Waals surface area contributed by atoms with E-state index in [4.69, 9.17) is 21.2 Å². The lowest BCUT2D eigenvalue weighted by atomic mass is 10.0. The summed E-state index contributed by atoms with van der Waals surface area (Å²) in [4.78, 5) is 34.5. The molecule has 1 aliphatic heterocycles. The Labute approximate surface area is 232 Å². The number of imidazole rings is 1. The van der Waals surface area contributed by atoms with Gasteiger partial charge in [-0.15, -0.1) is 22.7 Å². The summed E-state index contributed by atoms with van der Waals surface area (Å²) in [6, 6.07) is 6.01. The van der Waals surface area contributed by atoms with Gasteiger partial charge in [0, 0.05) is 43.2 Å². The van der Waals surface area contributed by atoms with Gasteiger partial charge in [-0.3, -0.25) is 9.59 Å². The second kappa shape index (κ2) is 11.5. The number of hydrogen-bond acceptors (Lipinski definition) is 9. The Kier molecular flexibility index (Phi) is 8.15. The fraction of sp³-hybridized carbons (Fsp3) is 0.440. The third-order valence-corrected chi connectivity index (χ3v) is 8.81. The Balaban J connectivity index is 1.43. The minimum atomic E-state index is -0.338. The summed E-state index contributed by atoms with van der Waals surface area (Å²) < 4.78 is 7.97. The third kappa shape index (κ3) is 5.64. The van der Waals surface area contributed by atoms with Crippen molar-refractivity contribution in [3.05, 3.63) is 44.3 Å². The Morgan fingerprint density at radius 2 is 2.05 bits per heavy atom. The van der Waals surface area contributed by atoms with Crippen molar-refractivity contribution in [3.8, 4) is 10.6 Å². The van der Waals surface area contributed by atoms with Crippen LogP contribution in [0.3, 0.4) is 0 Å². The zero-order valence-corrected chi connectivity index (χ0v) is 23.5. The van der Waals surface area contributed by atoms with Crippen LogP contribution in [-0.2, 0) is 6.54 Å². The predicted molar refractivity (Wildman–Crippen MR) is 148 cm³/mol. The maximum Gasteiger partial charge on any atom is 0.287 e. The molecule has 202 valence electrons. The van der Waals surface area contributed by atoms with Crippen LogP contribution in [0.5, 0.6) is 0 Å². The Hall–Kier alpha value is -2.77. The molecule has 0 atom stereocenters. The number of aliphatic hydroxyl groups is 1. The average Bonchev–Trinajstić information content (AvgIpc) is 3.68. The molecular weight excluding hydrogens is 548 g/mol. The highest BCUT2D eigenvalue weighted by molar-refractivity contribution is 7.19. The first-order valence-corrected chi connectivity index (χ1v) is 14.5. The number of fused-ring (bicyclic) bond motifs is 1. The molecule has 1 aliphatic rings. The van der Waals surface area contributed by atoms with E-state index in [0.717, 1.165) is 30.8 Å². The van der Waals surface area contributed by atoms with E-state index in [1.165, 1.54) is 22.7 Å². The predicted octanol–water partition coefficient (Wildman–Crippen LogP) is 3.84. The largest absolute Gasteiger partial charge is 0.395 e. The van der Waals surface area contributed by atoms with Crippen molar-refractivity contribution in [2.45, 2.75) is 45.3 Å². The number of nitrogens with zero attached hydrogens (tertiary/aromatic N) is 4. The Bertz CT molecular complexity index is 1430. The summed E-state index contributed by atoms with van der Waals surface area (Å²) >= 11 is 8.70. The van der Waals surface area contributed by atoms with Crippen molar-refractivity contribution in [2.75, 3.05) is 26.2 Å². The topological polar surface area (TPSA) is 126 Å². The van der Waals surface area contributed by atoms with E-state index in [1.807, 2.05) is 17.5 Å². The van der Waals surface area contributed by atoms with Crippen LogP contribution in [0.2, 0.25) is 4.34 Å². The smallest absolute Gasteiger partial charge is 0.287 e. The van der Waals surface area contributed by atoms with Crippen LogP contribution < -0.4 is 10.6 Å². The van der Waals surface area contributed by atoms with Gasteiger partial charge in [0.05, 0.1) is 27.9 Å². The standard InChI is InChI=1S/C25H29ClN6O4S2/c1-14(2)31-8-5-15(6-9-31)28-25(35)23-29-21-17(13-37-22(21)24(34)27-7-10-33)32(23)12-16-11-18(36-30-16)19-3-4-20(26)38-19/h3-4,11,13-15,33H,5-10,12H2,1-2H3,(H,27,34)(H,28,35). The molecule has 0 bridgehead atoms. The molecule has 0 aromatic carbocycles. The van der Waals surface area contributed by atoms with Crippen LogP contribution in [-0.4, -0.2) is 74.9 Å². The second-order valence-corrected chi connectivity index (χ2v) is 12.1. The van der Waals surface area contributed by atoms with E-state index >= 15 is 0 Å². The van der Waals surface area contributed by atoms with Crippen LogP contribution in [0.4, 0.5) is 0 Å². The monoisotopic (exact) mass is 576 g/mol. The van der Waals surface area contributed by atoms with Gasteiger partial charge in [0.15, 0.2) is 11.6 Å². The van der Waals surface area contributed by atoms with Crippen molar-refractivity contribution >= 4 is 57.1 Å². The molecule has 5 heterocycles. The molecule has 0 aliphatic carbocycles. The van der Waals surface area contributed by atoms with E-state index in [-0.39, 0.29) is 43.4 Å². The summed E-state index contributed by atoms with van der Waals surface area (Å²) in [5, 5.41) is 20.9. The van der Waals surface area contributed by atoms with Gasteiger partial charge in [0.25, 0.3) is 11.8 Å². The van der Waals surface area contributed by atoms with Crippen molar-refractivity contribution in [1.29, 1.82) is 0 Å². The molecule has 0 saturated carbocycles. The first kappa shape index (κ1) is 26.8. The zero-order valence-electron chi connectivity index (χ0n) is 21.1. The number of amides is 2. The summed E-state index contributed by atoms with van der Waals surface area (Å²) in [7, 11) is 0. The van der Waals surface area contributed by atoms with Gasteiger partial charge in [-0.25, -0.2) is 4.98 Å². The Morgan fingerprint density at radius 3 is 2.74 bits per heavy atom. The number of nitrogens with one attached hydrogen (secondary N) is 2. The number of carbonyl (C=O) groups excluding carboxylic acids is 2. The molecule has 5 rings (SSSR count). The van der Waals surface area contributed by atoms with Crippen LogP contribution in [0.1, 0.15) is 52.7 Å². The zero-order chi connectivity index (χ0) is 26.8. The lowest BCUT2D eigenvalue weighted by Crippen LogP contribution is -2.47. The summed E-state index contributed by atoms with van der Waals surface area (Å²) in [5.41, 5.74) is 1.72. The van der Waals surface area contributed by atoms with Crippen molar-refractivity contribution < 1.29 is 19.2 Å². The van der Waals surface area contributed by atoms with Crippen molar-refractivity contribution in [2.24, 2.45) is 0 Å². The number of thiophene rings is 2. The highest BCUT2D eigenvalue weighted by Gasteiger charge is 2.27. The number of rotatable bonds is 9. The van der Waals surface area contributed by atoms with Crippen LogP contribution >= 0.6 is 34.3 Å². The van der Waals surface area contributed by atoms with E-state index in [2.05, 4.69) is 39.5 Å². The SMILES string of the molecule is CC(C)N1CCC(NC(=O)c2nc3c(C(=O)NCCO)scc3n2Cc2cc(-c3ccc(Cl)s3)on2)CC1. The van der Waals surface area contributed by atoms with Gasteiger partial charge < -0.3 is 29.7 Å². The minimum absolute atomic E-state index is 0.0503. The quantitative estimate of drug-likeness (QED) is 0.276. The Morgan fingerprint density at radius 1 is 1.26 bits per heavy atom. The number of aliphatic hydroxyl groups excluding tert-OH is 1. The second-order valence-electron chi connectivity index (χ2n) is 9.46. The van der Waals surface area contributed by atoms with E-state index in [9.17, 15) is 9.59 Å². The van der Waals surface area contributed by atoms with Crippen LogP contribution in [0.15, 0.2) is 28.1 Å². The molecule has 1 fully saturated rings. The highest BCUT2D eigenvalue weighted by atomic mass is 35.5. The van der Waals surface area contributed by atoms with Gasteiger partial charge in [-0.2, -0.15) is 0 Å². The highest BCUT2D eigenvalue weighted by Crippen LogP contribution is 2.32. The molecule has 38 heavy (non-hydrogen) atoms. The van der Waals surface area contributed by atoms with Crippen LogP contribution in [0, 0.1) is 0 Å². The molecule has 0 radical (unpaired) electrons. The van der Waals surface area contributed by atoms with Crippen LogP contribution in [0.25, 0.3) is 21.7 Å². The van der Waals surface area contributed by atoms with Gasteiger partial charge in [-0.1, -0.05) is 16.8 Å². The maximum atomic E-state index is 13.5. The van der Waals surface area contributed by atoms with Gasteiger partial charge in [0.2, 0.25) is 0 Å². The summed E-state index contributed by atoms with van der Waals surface area (Å²) in [6.07, 6.45) is 1.73. The summed E-state index contributed by atoms with van der Waals surface area (Å²) in [6.45, 7) is 6.42. The molecule has 10 nitrogen and oxygen atoms in total. The number of halogens is 1. The summed E-state index contributed by atoms with van der Waals surface area (Å²) in [5.74, 6) is 0.180. The number of piperidine rings is 1. The number of hydrogen-bond donors (Lipinski definition) is 3. The van der Waals surface area contributed by atoms with Crippen molar-refractivity contribution in [3.63, 3.8) is 0 Å². The molecule has 13 heteroatoms. The first-order chi connectivity index (χ1) is 18.3. The fourth-order valence-corrected chi connectivity index (χ4v) is 6.49. The lowest BCUT2D eigenvalue weighted by molar-refractivity contribution is 0.0885. The molecular formula is C25H29ClN6O4S2. The molecule has 0 spiro atoms. The lowest BCUT2D eigenvalue weighted by Gasteiger charge is -2.34. The molecule has 2 amide bonds. The van der Waals surface area contributed by atoms with Crippen molar-refractivity contribution in [1.82, 2.24) is 30.2 Å². The van der Waals surface area contributed by atoms with E-state index in [0.29, 0.717) is 37.7 Å². The van der Waals surface area contributed by atoms with Gasteiger partial charge >= 0.3 is 0 Å². The normalized spacial score (nSPS) is 15.0. The van der Waals surface area contributed by atoms with Gasteiger partial charge in [-0.05, 0) is 38.8 Å². The fourth-order valence-electron chi connectivity index (χ4n) is 4.59. The molecule has 4 aromatic rings. The molecule has 0 unspecified atom stereocenters. The maximum absolute atomic E-state index is 13.5. The van der Waals surface area contributed by atoms with E-state index in [1.54, 1.807) is 10.6 Å². The average molecular weight is 577 g/mol. The minimum Gasteiger partial charge on any atom is -0.395 e. The third-order valence-electron chi connectivity index (χ3n) is 6.61. The number of aromatic nitrogens is 3. The first-order valence-electron chi connectivity index (χ1n) is 12.5. The molecule has 1 saturated heterocycles. The van der Waals surface area contributed by atoms with Gasteiger partial charge in [0.1, 0.15) is 16.1 Å². The molecule has 4 aromatic heterocycles. The molecule has 3 N–H and O–H groups in total. The number of likely N-dealkylation sites (tertiary alicyclic amines) is 1. The van der Waals surface area contributed by atoms with E-state index < -0.39 is 0 Å². The number of carbonyl (C=O) groups is 2.